The number of carbonyl (C=O) groups excluding carboxylic acids is 1. The zero-order valence-corrected chi connectivity index (χ0v) is 12.1. The molecule has 1 saturated carbocycles. The lowest BCUT2D eigenvalue weighted by molar-refractivity contribution is -0.141. The molecule has 0 saturated heterocycles. The van der Waals surface area contributed by atoms with Crippen LogP contribution in [0, 0.1) is 5.41 Å². The first kappa shape index (κ1) is 13.0. The molecule has 94 valence electrons. The fourth-order valence-corrected chi connectivity index (χ4v) is 3.35. The molecule has 0 bridgehead atoms. The van der Waals surface area contributed by atoms with E-state index in [1.807, 2.05) is 23.9 Å². The summed E-state index contributed by atoms with van der Waals surface area (Å²) in [7, 11) is 1.45. The molecule has 1 aliphatic rings. The van der Waals surface area contributed by atoms with E-state index in [0.29, 0.717) is 6.42 Å². The number of thioether (sulfide) groups is 1. The molecule has 1 fully saturated rings. The van der Waals surface area contributed by atoms with Crippen molar-refractivity contribution in [2.75, 3.05) is 12.9 Å². The van der Waals surface area contributed by atoms with E-state index in [0.717, 1.165) is 34.8 Å². The first-order chi connectivity index (χ1) is 8.13. The van der Waals surface area contributed by atoms with Gasteiger partial charge in [0.25, 0.3) is 0 Å². The van der Waals surface area contributed by atoms with E-state index in [4.69, 9.17) is 9.15 Å². The third-order valence-electron chi connectivity index (χ3n) is 2.99. The van der Waals surface area contributed by atoms with Crippen LogP contribution in [0.25, 0.3) is 0 Å². The fraction of sp³-hybridized carbons (Fsp3) is 0.583. The monoisotopic (exact) mass is 318 g/mol. The number of esters is 1. The highest BCUT2D eigenvalue weighted by atomic mass is 79.9. The zero-order valence-electron chi connectivity index (χ0n) is 9.70. The van der Waals surface area contributed by atoms with Crippen molar-refractivity contribution in [2.45, 2.75) is 25.0 Å². The zero-order chi connectivity index (χ0) is 12.3. The van der Waals surface area contributed by atoms with E-state index in [-0.39, 0.29) is 11.4 Å². The molecule has 0 N–H and O–H groups in total. The van der Waals surface area contributed by atoms with Crippen LogP contribution < -0.4 is 0 Å². The molecule has 0 amide bonds. The van der Waals surface area contributed by atoms with Gasteiger partial charge in [0.15, 0.2) is 4.67 Å². The molecule has 5 heteroatoms. The van der Waals surface area contributed by atoms with E-state index in [1.165, 1.54) is 7.11 Å². The van der Waals surface area contributed by atoms with Crippen molar-refractivity contribution in [3.63, 3.8) is 0 Å². The lowest BCUT2D eigenvalue weighted by Crippen LogP contribution is -2.13. The Morgan fingerprint density at radius 1 is 1.59 bits per heavy atom. The molecule has 1 aromatic rings. The van der Waals surface area contributed by atoms with E-state index < -0.39 is 0 Å². The van der Waals surface area contributed by atoms with E-state index in [2.05, 4.69) is 15.9 Å². The molecule has 0 unspecified atom stereocenters. The third kappa shape index (κ3) is 3.78. The summed E-state index contributed by atoms with van der Waals surface area (Å²) in [6.45, 7) is 0. The first-order valence-corrected chi connectivity index (χ1v) is 7.47. The van der Waals surface area contributed by atoms with Crippen molar-refractivity contribution in [2.24, 2.45) is 5.41 Å². The van der Waals surface area contributed by atoms with E-state index in [9.17, 15) is 4.79 Å². The Kier molecular flexibility index (Phi) is 4.20. The van der Waals surface area contributed by atoms with Crippen molar-refractivity contribution >= 4 is 33.7 Å². The molecule has 1 heterocycles. The Morgan fingerprint density at radius 2 is 2.35 bits per heavy atom. The van der Waals surface area contributed by atoms with Crippen molar-refractivity contribution < 1.29 is 13.9 Å². The highest BCUT2D eigenvalue weighted by Gasteiger charge is 2.44. The predicted octanol–water partition coefficient (Wildman–Crippen LogP) is 3.62. The lowest BCUT2D eigenvalue weighted by Gasteiger charge is -2.12. The quantitative estimate of drug-likeness (QED) is 0.751. The Balaban J connectivity index is 1.73. The number of methoxy groups -OCH3 is 1. The summed E-state index contributed by atoms with van der Waals surface area (Å²) in [5.41, 5.74) is 0.196. The van der Waals surface area contributed by atoms with Crippen molar-refractivity contribution in [1.29, 1.82) is 0 Å². The van der Waals surface area contributed by atoms with Gasteiger partial charge < -0.3 is 9.15 Å². The van der Waals surface area contributed by atoms with Gasteiger partial charge >= 0.3 is 5.97 Å². The SMILES string of the molecule is COC(=O)CC1(CSCc2ccc(Br)o2)CC1. The number of ether oxygens (including phenoxy) is 1. The molecular formula is C12H15BrO3S. The highest BCUT2D eigenvalue weighted by Crippen LogP contribution is 2.51. The lowest BCUT2D eigenvalue weighted by atomic mass is 10.1. The maximum absolute atomic E-state index is 11.2. The van der Waals surface area contributed by atoms with Crippen LogP contribution in [0.2, 0.25) is 0 Å². The van der Waals surface area contributed by atoms with Crippen molar-refractivity contribution in [3.05, 3.63) is 22.6 Å². The minimum absolute atomic E-state index is 0.0937. The molecule has 2 rings (SSSR count). The second kappa shape index (κ2) is 5.48. The predicted molar refractivity (Wildman–Crippen MR) is 70.9 cm³/mol. The van der Waals surface area contributed by atoms with Gasteiger partial charge in [-0.2, -0.15) is 11.8 Å². The first-order valence-electron chi connectivity index (χ1n) is 5.52. The molecule has 0 aromatic carbocycles. The van der Waals surface area contributed by atoms with E-state index in [1.54, 1.807) is 0 Å². The minimum atomic E-state index is -0.0937. The third-order valence-corrected chi connectivity index (χ3v) is 4.72. The van der Waals surface area contributed by atoms with Gasteiger partial charge in [0.1, 0.15) is 5.76 Å². The maximum Gasteiger partial charge on any atom is 0.306 e. The van der Waals surface area contributed by atoms with Crippen LogP contribution in [0.15, 0.2) is 21.2 Å². The standard InChI is InChI=1S/C12H15BrO3S/c1-15-11(14)6-12(4-5-12)8-17-7-9-2-3-10(13)16-9/h2-3H,4-8H2,1H3. The van der Waals surface area contributed by atoms with Crippen LogP contribution in [-0.4, -0.2) is 18.8 Å². The number of carbonyl (C=O) groups is 1. The second-order valence-electron chi connectivity index (χ2n) is 4.45. The van der Waals surface area contributed by atoms with E-state index >= 15 is 0 Å². The van der Waals surface area contributed by atoms with Gasteiger partial charge in [-0.25, -0.2) is 0 Å². The summed E-state index contributed by atoms with van der Waals surface area (Å²) < 4.78 is 10.9. The Hall–Kier alpha value is -0.420. The summed E-state index contributed by atoms with van der Waals surface area (Å²) in [5, 5.41) is 0. The van der Waals surface area contributed by atoms with Crippen LogP contribution in [0.4, 0.5) is 0 Å². The van der Waals surface area contributed by atoms with Crippen molar-refractivity contribution in [3.8, 4) is 0 Å². The summed E-state index contributed by atoms with van der Waals surface area (Å²) >= 11 is 5.10. The van der Waals surface area contributed by atoms with Crippen LogP contribution in [0.5, 0.6) is 0 Å². The minimum Gasteiger partial charge on any atom is -0.469 e. The largest absolute Gasteiger partial charge is 0.469 e. The average Bonchev–Trinajstić information content (AvgIpc) is 2.93. The molecule has 1 aliphatic carbocycles. The van der Waals surface area contributed by atoms with Crippen LogP contribution in [-0.2, 0) is 15.3 Å². The summed E-state index contributed by atoms with van der Waals surface area (Å²) in [4.78, 5) is 11.2. The van der Waals surface area contributed by atoms with Gasteiger partial charge in [-0.3, -0.25) is 4.79 Å². The smallest absolute Gasteiger partial charge is 0.306 e. The summed E-state index contributed by atoms with van der Waals surface area (Å²) in [6.07, 6.45) is 2.83. The van der Waals surface area contributed by atoms with Crippen LogP contribution in [0.3, 0.4) is 0 Å². The molecule has 0 radical (unpaired) electrons. The number of rotatable bonds is 6. The number of halogens is 1. The van der Waals surface area contributed by atoms with Gasteiger partial charge in [0.05, 0.1) is 19.3 Å². The summed E-state index contributed by atoms with van der Waals surface area (Å²) in [5.74, 6) is 2.73. The fourth-order valence-electron chi connectivity index (χ4n) is 1.72. The molecule has 1 aromatic heterocycles. The van der Waals surface area contributed by atoms with Crippen molar-refractivity contribution in [1.82, 2.24) is 0 Å². The number of furan rings is 1. The highest BCUT2D eigenvalue weighted by molar-refractivity contribution is 9.10. The Morgan fingerprint density at radius 3 is 2.88 bits per heavy atom. The number of hydrogen-bond donors (Lipinski definition) is 0. The molecule has 0 spiro atoms. The molecule has 0 atom stereocenters. The topological polar surface area (TPSA) is 39.4 Å². The maximum atomic E-state index is 11.2. The number of hydrogen-bond acceptors (Lipinski definition) is 4. The molecule has 17 heavy (non-hydrogen) atoms. The van der Waals surface area contributed by atoms with Gasteiger partial charge in [-0.05, 0) is 52.1 Å². The normalized spacial score (nSPS) is 16.8. The van der Waals surface area contributed by atoms with Gasteiger partial charge in [-0.15, -0.1) is 0 Å². The Labute approximate surface area is 113 Å². The molecular weight excluding hydrogens is 304 g/mol. The second-order valence-corrected chi connectivity index (χ2v) is 6.22. The van der Waals surface area contributed by atoms with Gasteiger partial charge in [0.2, 0.25) is 0 Å². The van der Waals surface area contributed by atoms with Crippen LogP contribution >= 0.6 is 27.7 Å². The molecule has 3 nitrogen and oxygen atoms in total. The van der Waals surface area contributed by atoms with Gasteiger partial charge in [-0.1, -0.05) is 0 Å². The van der Waals surface area contributed by atoms with Gasteiger partial charge in [0, 0.05) is 0 Å². The van der Waals surface area contributed by atoms with Crippen LogP contribution in [0.1, 0.15) is 25.0 Å². The molecule has 0 aliphatic heterocycles. The average molecular weight is 319 g/mol. The summed E-state index contributed by atoms with van der Waals surface area (Å²) in [6, 6.07) is 3.87. The Bertz CT molecular complexity index is 398.